The van der Waals surface area contributed by atoms with Gasteiger partial charge in [-0.15, -0.1) is 0 Å². The molecule has 1 heterocycles. The molecule has 1 N–H and O–H groups in total. The number of likely N-dealkylation sites (tertiary alicyclic amines) is 1. The lowest BCUT2D eigenvalue weighted by molar-refractivity contribution is -0.145. The number of rotatable bonds is 7. The molecule has 0 aromatic rings. The summed E-state index contributed by atoms with van der Waals surface area (Å²) in [4.78, 5) is 24.8. The highest BCUT2D eigenvalue weighted by Crippen LogP contribution is 2.06. The molecule has 0 aromatic heterocycles. The van der Waals surface area contributed by atoms with Crippen LogP contribution in [0.3, 0.4) is 0 Å². The maximum absolute atomic E-state index is 11.6. The molecule has 1 fully saturated rings. The third-order valence-corrected chi connectivity index (χ3v) is 2.98. The summed E-state index contributed by atoms with van der Waals surface area (Å²) in [5.74, 6) is -0.871. The van der Waals surface area contributed by atoms with Crippen molar-refractivity contribution >= 4 is 11.8 Å². The van der Waals surface area contributed by atoms with Crippen LogP contribution < -0.4 is 5.32 Å². The van der Waals surface area contributed by atoms with Gasteiger partial charge in [-0.25, -0.2) is 0 Å². The quantitative estimate of drug-likeness (QED) is 0.544. The minimum atomic E-state index is -0.481. The first-order valence-electron chi connectivity index (χ1n) is 6.90. The van der Waals surface area contributed by atoms with Crippen LogP contribution in [-0.2, 0) is 14.3 Å². The molecule has 1 saturated heterocycles. The molecule has 0 bridgehead atoms. The summed E-state index contributed by atoms with van der Waals surface area (Å²) in [6, 6.07) is 0. The first-order valence-corrected chi connectivity index (χ1v) is 6.90. The van der Waals surface area contributed by atoms with Gasteiger partial charge < -0.3 is 15.0 Å². The van der Waals surface area contributed by atoms with Crippen molar-refractivity contribution in [3.63, 3.8) is 0 Å². The Morgan fingerprint density at radius 3 is 2.50 bits per heavy atom. The van der Waals surface area contributed by atoms with Crippen molar-refractivity contribution in [2.75, 3.05) is 32.8 Å². The Morgan fingerprint density at radius 2 is 1.83 bits per heavy atom. The van der Waals surface area contributed by atoms with Gasteiger partial charge in [-0.05, 0) is 25.7 Å². The van der Waals surface area contributed by atoms with Crippen LogP contribution >= 0.6 is 0 Å². The molecule has 0 spiro atoms. The van der Waals surface area contributed by atoms with Crippen molar-refractivity contribution in [2.24, 2.45) is 0 Å². The highest BCUT2D eigenvalue weighted by molar-refractivity contribution is 6.35. The van der Waals surface area contributed by atoms with Gasteiger partial charge in [-0.3, -0.25) is 9.59 Å². The Morgan fingerprint density at radius 1 is 1.17 bits per heavy atom. The second-order valence-electron chi connectivity index (χ2n) is 4.57. The Bertz CT molecular complexity index is 263. The van der Waals surface area contributed by atoms with Crippen LogP contribution in [0, 0.1) is 0 Å². The smallest absolute Gasteiger partial charge is 0.311 e. The van der Waals surface area contributed by atoms with E-state index >= 15 is 0 Å². The molecule has 5 heteroatoms. The van der Waals surface area contributed by atoms with Gasteiger partial charge in [-0.2, -0.15) is 0 Å². The molecule has 0 aliphatic carbocycles. The molecule has 0 aromatic carbocycles. The number of hydrogen-bond donors (Lipinski definition) is 1. The number of nitrogens with zero attached hydrogens (tertiary/aromatic N) is 1. The average Bonchev–Trinajstić information content (AvgIpc) is 2.90. The number of carbonyl (C=O) groups excluding carboxylic acids is 2. The zero-order chi connectivity index (χ0) is 13.2. The van der Waals surface area contributed by atoms with Gasteiger partial charge in [-0.1, -0.05) is 13.3 Å². The summed E-state index contributed by atoms with van der Waals surface area (Å²) in [5.41, 5.74) is 0. The van der Waals surface area contributed by atoms with Crippen molar-refractivity contribution in [3.05, 3.63) is 0 Å². The van der Waals surface area contributed by atoms with Crippen LogP contribution in [0.15, 0.2) is 0 Å². The van der Waals surface area contributed by atoms with E-state index < -0.39 is 5.91 Å². The minimum absolute atomic E-state index is 0.389. The summed E-state index contributed by atoms with van der Waals surface area (Å²) in [6.45, 7) is 5.46. The number of hydrogen-bond acceptors (Lipinski definition) is 3. The van der Waals surface area contributed by atoms with Crippen molar-refractivity contribution in [1.29, 1.82) is 0 Å². The fourth-order valence-electron chi connectivity index (χ4n) is 1.86. The Labute approximate surface area is 109 Å². The monoisotopic (exact) mass is 256 g/mol. The standard InChI is InChI=1S/C13H24N2O3/c1-2-3-10-18-11-6-7-14-12(16)13(17)15-8-4-5-9-15/h2-11H2,1H3,(H,14,16). The van der Waals surface area contributed by atoms with Gasteiger partial charge >= 0.3 is 11.8 Å². The molecule has 0 saturated carbocycles. The molecule has 1 aliphatic heterocycles. The second-order valence-corrected chi connectivity index (χ2v) is 4.57. The van der Waals surface area contributed by atoms with Crippen LogP contribution in [0.2, 0.25) is 0 Å². The summed E-state index contributed by atoms with van der Waals surface area (Å²) in [5, 5.41) is 2.64. The maximum Gasteiger partial charge on any atom is 0.311 e. The van der Waals surface area contributed by atoms with Crippen molar-refractivity contribution in [2.45, 2.75) is 39.0 Å². The molecule has 2 amide bonds. The van der Waals surface area contributed by atoms with Gasteiger partial charge in [0.25, 0.3) is 0 Å². The topological polar surface area (TPSA) is 58.6 Å². The molecule has 0 radical (unpaired) electrons. The lowest BCUT2D eigenvalue weighted by Gasteiger charge is -2.14. The predicted octanol–water partition coefficient (Wildman–Crippen LogP) is 0.932. The van der Waals surface area contributed by atoms with E-state index in [2.05, 4.69) is 12.2 Å². The molecule has 104 valence electrons. The normalized spacial score (nSPS) is 14.8. The third-order valence-electron chi connectivity index (χ3n) is 2.98. The van der Waals surface area contributed by atoms with E-state index in [1.54, 1.807) is 4.90 Å². The molecule has 0 atom stereocenters. The molecule has 1 rings (SSSR count). The van der Waals surface area contributed by atoms with Gasteiger partial charge in [0.2, 0.25) is 0 Å². The third kappa shape index (κ3) is 5.49. The SMILES string of the molecule is CCCCOCCCNC(=O)C(=O)N1CCCC1. The Kier molecular flexibility index (Phi) is 7.41. The summed E-state index contributed by atoms with van der Waals surface area (Å²) in [7, 11) is 0. The van der Waals surface area contributed by atoms with E-state index in [9.17, 15) is 9.59 Å². The first-order chi connectivity index (χ1) is 8.75. The number of unbranched alkanes of at least 4 members (excludes halogenated alkanes) is 1. The molecule has 18 heavy (non-hydrogen) atoms. The van der Waals surface area contributed by atoms with E-state index in [1.165, 1.54) is 0 Å². The average molecular weight is 256 g/mol. The van der Waals surface area contributed by atoms with E-state index in [0.29, 0.717) is 26.2 Å². The van der Waals surface area contributed by atoms with Crippen molar-refractivity contribution in [1.82, 2.24) is 10.2 Å². The highest BCUT2D eigenvalue weighted by Gasteiger charge is 2.23. The van der Waals surface area contributed by atoms with Crippen LogP contribution in [-0.4, -0.2) is 49.6 Å². The number of amides is 2. The lowest BCUT2D eigenvalue weighted by Crippen LogP contribution is -2.42. The van der Waals surface area contributed by atoms with Crippen molar-refractivity contribution in [3.8, 4) is 0 Å². The highest BCUT2D eigenvalue weighted by atomic mass is 16.5. The van der Waals surface area contributed by atoms with E-state index in [1.807, 2.05) is 0 Å². The number of carbonyl (C=O) groups is 2. The second kappa shape index (κ2) is 8.91. The lowest BCUT2D eigenvalue weighted by atomic mass is 10.3. The summed E-state index contributed by atoms with van der Waals surface area (Å²) >= 11 is 0. The molecular weight excluding hydrogens is 232 g/mol. The van der Waals surface area contributed by atoms with Crippen LogP contribution in [0.25, 0.3) is 0 Å². The van der Waals surface area contributed by atoms with E-state index in [-0.39, 0.29) is 5.91 Å². The van der Waals surface area contributed by atoms with Gasteiger partial charge in [0.1, 0.15) is 0 Å². The molecule has 1 aliphatic rings. The van der Waals surface area contributed by atoms with Crippen molar-refractivity contribution < 1.29 is 14.3 Å². The zero-order valence-corrected chi connectivity index (χ0v) is 11.2. The van der Waals surface area contributed by atoms with Gasteiger partial charge in [0.05, 0.1) is 0 Å². The van der Waals surface area contributed by atoms with Crippen LogP contribution in [0.1, 0.15) is 39.0 Å². The summed E-state index contributed by atoms with van der Waals surface area (Å²) in [6.07, 6.45) is 4.96. The zero-order valence-electron chi connectivity index (χ0n) is 11.2. The molecule has 0 unspecified atom stereocenters. The Balaban J connectivity index is 2.00. The Hall–Kier alpha value is -1.10. The number of ether oxygens (including phenoxy) is 1. The van der Waals surface area contributed by atoms with Crippen LogP contribution in [0.5, 0.6) is 0 Å². The fraction of sp³-hybridized carbons (Fsp3) is 0.846. The van der Waals surface area contributed by atoms with E-state index in [4.69, 9.17) is 4.74 Å². The minimum Gasteiger partial charge on any atom is -0.381 e. The largest absolute Gasteiger partial charge is 0.381 e. The molecule has 5 nitrogen and oxygen atoms in total. The predicted molar refractivity (Wildman–Crippen MR) is 69.2 cm³/mol. The first kappa shape index (κ1) is 15.0. The van der Waals surface area contributed by atoms with E-state index in [0.717, 1.165) is 38.7 Å². The number of nitrogens with one attached hydrogen (secondary N) is 1. The maximum atomic E-state index is 11.6. The summed E-state index contributed by atoms with van der Waals surface area (Å²) < 4.78 is 5.37. The van der Waals surface area contributed by atoms with Gasteiger partial charge in [0.15, 0.2) is 0 Å². The van der Waals surface area contributed by atoms with Gasteiger partial charge in [0, 0.05) is 32.8 Å². The molecular formula is C13H24N2O3. The fourth-order valence-corrected chi connectivity index (χ4v) is 1.86. The van der Waals surface area contributed by atoms with Crippen LogP contribution in [0.4, 0.5) is 0 Å².